The zero-order chi connectivity index (χ0) is 17.6. The second-order valence-electron chi connectivity index (χ2n) is 6.24. The van der Waals surface area contributed by atoms with E-state index in [4.69, 9.17) is 4.74 Å². The van der Waals surface area contributed by atoms with Crippen molar-refractivity contribution in [3.05, 3.63) is 46.4 Å². The van der Waals surface area contributed by atoms with Crippen LogP contribution in [0.4, 0.5) is 0 Å². The fourth-order valence-electron chi connectivity index (χ4n) is 2.93. The van der Waals surface area contributed by atoms with Crippen LogP contribution >= 0.6 is 0 Å². The van der Waals surface area contributed by atoms with Crippen LogP contribution in [0, 0.1) is 6.92 Å². The number of amides is 1. The van der Waals surface area contributed by atoms with Crippen LogP contribution < -0.4 is 5.56 Å². The van der Waals surface area contributed by atoms with Crippen LogP contribution in [-0.4, -0.2) is 56.4 Å². The third-order valence-electron chi connectivity index (χ3n) is 4.28. The summed E-state index contributed by atoms with van der Waals surface area (Å²) in [5.41, 5.74) is 1.54. The Balaban J connectivity index is 1.46. The molecule has 25 heavy (non-hydrogen) atoms. The van der Waals surface area contributed by atoms with Crippen LogP contribution in [-0.2, 0) is 22.5 Å². The fraction of sp³-hybridized carbons (Fsp3) is 0.529. The van der Waals surface area contributed by atoms with E-state index in [-0.39, 0.29) is 17.6 Å². The Kier molecular flexibility index (Phi) is 5.60. The Labute approximate surface area is 145 Å². The van der Waals surface area contributed by atoms with E-state index in [9.17, 15) is 9.59 Å². The van der Waals surface area contributed by atoms with Gasteiger partial charge in [0.2, 0.25) is 5.91 Å². The van der Waals surface area contributed by atoms with Gasteiger partial charge in [-0.25, -0.2) is 4.98 Å². The van der Waals surface area contributed by atoms with E-state index < -0.39 is 0 Å². The molecule has 0 aliphatic carbocycles. The molecule has 0 saturated carbocycles. The van der Waals surface area contributed by atoms with Crippen LogP contribution in [0.1, 0.15) is 24.2 Å². The first kappa shape index (κ1) is 17.3. The third-order valence-corrected chi connectivity index (χ3v) is 4.28. The van der Waals surface area contributed by atoms with Crippen molar-refractivity contribution >= 4 is 5.91 Å². The highest BCUT2D eigenvalue weighted by atomic mass is 16.5. The van der Waals surface area contributed by atoms with Gasteiger partial charge in [-0.05, 0) is 25.8 Å². The van der Waals surface area contributed by atoms with Crippen molar-refractivity contribution < 1.29 is 9.53 Å². The Hall–Kier alpha value is -2.48. The smallest absolute Gasteiger partial charge is 0.250 e. The number of aryl methyl sites for hydroxylation is 3. The van der Waals surface area contributed by atoms with Crippen molar-refractivity contribution in [1.29, 1.82) is 0 Å². The summed E-state index contributed by atoms with van der Waals surface area (Å²) in [7, 11) is 0. The van der Waals surface area contributed by atoms with E-state index in [1.165, 1.54) is 12.4 Å². The molecule has 0 unspecified atom stereocenters. The molecule has 134 valence electrons. The van der Waals surface area contributed by atoms with Crippen molar-refractivity contribution in [3.63, 3.8) is 0 Å². The first-order valence-electron chi connectivity index (χ1n) is 8.53. The average molecular weight is 345 g/mol. The van der Waals surface area contributed by atoms with Crippen LogP contribution in [0.25, 0.3) is 0 Å². The Morgan fingerprint density at radius 1 is 1.48 bits per heavy atom. The summed E-state index contributed by atoms with van der Waals surface area (Å²) in [4.78, 5) is 32.2. The molecule has 8 heteroatoms. The highest BCUT2D eigenvalue weighted by molar-refractivity contribution is 5.76. The number of nitrogens with zero attached hydrogens (tertiary/aromatic N) is 4. The number of morpholine rings is 1. The molecule has 1 aliphatic heterocycles. The lowest BCUT2D eigenvalue weighted by molar-refractivity contribution is -0.139. The topological polar surface area (TPSA) is 93.1 Å². The van der Waals surface area contributed by atoms with Crippen LogP contribution in [0.2, 0.25) is 0 Å². The monoisotopic (exact) mass is 345 g/mol. The van der Waals surface area contributed by atoms with Crippen molar-refractivity contribution in [3.8, 4) is 0 Å². The highest BCUT2D eigenvalue weighted by Gasteiger charge is 2.24. The van der Waals surface area contributed by atoms with Crippen molar-refractivity contribution in [2.24, 2.45) is 0 Å². The van der Waals surface area contributed by atoms with E-state index in [0.717, 1.165) is 17.8 Å². The van der Waals surface area contributed by atoms with Gasteiger partial charge in [0.25, 0.3) is 5.56 Å². The van der Waals surface area contributed by atoms with Crippen molar-refractivity contribution in [1.82, 2.24) is 24.6 Å². The van der Waals surface area contributed by atoms with Crippen LogP contribution in [0.15, 0.2) is 29.5 Å². The largest absolute Gasteiger partial charge is 0.375 e. The van der Waals surface area contributed by atoms with Gasteiger partial charge < -0.3 is 14.6 Å². The molecule has 1 N–H and O–H groups in total. The maximum atomic E-state index is 12.4. The highest BCUT2D eigenvalue weighted by Crippen LogP contribution is 2.12. The predicted octanol–water partition coefficient (Wildman–Crippen LogP) is 0.525. The SMILES string of the molecule is Cc1ccn(CCC(=O)N2CCO[C@@H](CCc3cc(=O)[nH]cn3)C2)n1. The summed E-state index contributed by atoms with van der Waals surface area (Å²) in [5.74, 6) is 0.121. The molecular formula is C17H23N5O3. The second-order valence-corrected chi connectivity index (χ2v) is 6.24. The van der Waals surface area contributed by atoms with Gasteiger partial charge in [-0.15, -0.1) is 0 Å². The number of H-pyrrole nitrogens is 1. The number of aromatic amines is 1. The number of hydrogen-bond acceptors (Lipinski definition) is 5. The Morgan fingerprint density at radius 3 is 3.12 bits per heavy atom. The molecule has 1 amide bonds. The number of rotatable bonds is 6. The summed E-state index contributed by atoms with van der Waals surface area (Å²) in [6.07, 6.45) is 5.10. The zero-order valence-electron chi connectivity index (χ0n) is 14.4. The quantitative estimate of drug-likeness (QED) is 0.824. The van der Waals surface area contributed by atoms with E-state index in [2.05, 4.69) is 15.1 Å². The zero-order valence-corrected chi connectivity index (χ0v) is 14.4. The van der Waals surface area contributed by atoms with Gasteiger partial charge in [0.1, 0.15) is 0 Å². The fourth-order valence-corrected chi connectivity index (χ4v) is 2.93. The lowest BCUT2D eigenvalue weighted by Gasteiger charge is -2.33. The molecule has 0 aromatic carbocycles. The molecule has 0 bridgehead atoms. The summed E-state index contributed by atoms with van der Waals surface area (Å²) in [6, 6.07) is 3.43. The van der Waals surface area contributed by atoms with E-state index in [1.54, 1.807) is 4.68 Å². The molecule has 1 aliphatic rings. The summed E-state index contributed by atoms with van der Waals surface area (Å²) >= 11 is 0. The van der Waals surface area contributed by atoms with Crippen molar-refractivity contribution in [2.45, 2.75) is 38.8 Å². The average Bonchev–Trinajstić information content (AvgIpc) is 3.03. The predicted molar refractivity (Wildman–Crippen MR) is 91.1 cm³/mol. The first-order chi connectivity index (χ1) is 12.1. The number of carbonyl (C=O) groups excluding carboxylic acids is 1. The molecular weight excluding hydrogens is 322 g/mol. The molecule has 2 aromatic rings. The lowest BCUT2D eigenvalue weighted by Crippen LogP contribution is -2.46. The van der Waals surface area contributed by atoms with E-state index in [1.807, 2.05) is 24.1 Å². The molecule has 0 radical (unpaired) electrons. The van der Waals surface area contributed by atoms with Gasteiger partial charge in [0.05, 0.1) is 24.7 Å². The van der Waals surface area contributed by atoms with E-state index >= 15 is 0 Å². The molecule has 0 spiro atoms. The second kappa shape index (κ2) is 8.06. The van der Waals surface area contributed by atoms with Gasteiger partial charge >= 0.3 is 0 Å². The summed E-state index contributed by atoms with van der Waals surface area (Å²) in [5, 5.41) is 4.30. The first-order valence-corrected chi connectivity index (χ1v) is 8.53. The summed E-state index contributed by atoms with van der Waals surface area (Å²) in [6.45, 7) is 4.27. The maximum Gasteiger partial charge on any atom is 0.250 e. The minimum Gasteiger partial charge on any atom is -0.375 e. The number of hydrogen-bond donors (Lipinski definition) is 1. The minimum atomic E-state index is -0.153. The molecule has 2 aromatic heterocycles. The molecule has 3 heterocycles. The number of aromatic nitrogens is 4. The van der Waals surface area contributed by atoms with Gasteiger partial charge in [-0.2, -0.15) is 5.10 Å². The molecule has 1 atom stereocenters. The minimum absolute atomic E-state index is 0.0225. The van der Waals surface area contributed by atoms with E-state index in [0.29, 0.717) is 39.1 Å². The molecule has 1 saturated heterocycles. The van der Waals surface area contributed by atoms with Gasteiger partial charge in [-0.3, -0.25) is 14.3 Å². The van der Waals surface area contributed by atoms with Crippen LogP contribution in [0.3, 0.4) is 0 Å². The molecule has 8 nitrogen and oxygen atoms in total. The maximum absolute atomic E-state index is 12.4. The Bertz CT molecular complexity index is 769. The lowest BCUT2D eigenvalue weighted by atomic mass is 10.1. The molecule has 3 rings (SSSR count). The van der Waals surface area contributed by atoms with Crippen LogP contribution in [0.5, 0.6) is 0 Å². The van der Waals surface area contributed by atoms with Gasteiger partial charge in [-0.1, -0.05) is 0 Å². The van der Waals surface area contributed by atoms with Gasteiger partial charge in [0.15, 0.2) is 0 Å². The normalized spacial score (nSPS) is 17.6. The summed E-state index contributed by atoms with van der Waals surface area (Å²) < 4.78 is 7.55. The number of ether oxygens (including phenoxy) is 1. The Morgan fingerprint density at radius 2 is 2.36 bits per heavy atom. The van der Waals surface area contributed by atoms with Gasteiger partial charge in [0, 0.05) is 44.0 Å². The number of nitrogens with one attached hydrogen (secondary N) is 1. The standard InChI is InChI=1S/C17H23N5O3/c1-13-4-6-22(20-13)7-5-17(24)21-8-9-25-15(11-21)3-2-14-10-16(23)19-12-18-14/h4,6,10,12,15H,2-3,5,7-9,11H2,1H3,(H,18,19,23)/t15-/m0/s1. The molecule has 1 fully saturated rings. The van der Waals surface area contributed by atoms with Crippen molar-refractivity contribution in [2.75, 3.05) is 19.7 Å². The number of carbonyl (C=O) groups is 1. The third kappa shape index (κ3) is 4.99.